The minimum Gasteiger partial charge on any atom is -0.457 e. The molecule has 318 valence electrons. The Balaban J connectivity index is 3.62. The fraction of sp³-hybridized carbons (Fsp3) is 0.978. The molecule has 53 heavy (non-hydrogen) atoms. The first-order valence-electron chi connectivity index (χ1n) is 23.3. The molecule has 0 aliphatic rings. The van der Waals surface area contributed by atoms with Gasteiger partial charge in [0.2, 0.25) is 0 Å². The molecule has 0 heterocycles. The Bertz CT molecular complexity index is 721. The predicted molar refractivity (Wildman–Crippen MR) is 240 cm³/mol. The van der Waals surface area contributed by atoms with Gasteiger partial charge >= 0.3 is 13.3 Å². The summed E-state index contributed by atoms with van der Waals surface area (Å²) in [6.07, 6.45) is 46.1. The van der Waals surface area contributed by atoms with E-state index in [1.807, 2.05) is 23.5 Å². The first kappa shape index (κ1) is 53.3. The highest BCUT2D eigenvalue weighted by molar-refractivity contribution is 7.99. The standard InChI is InChI=1S/C45H91O5PS2/c1-4-7-9-11-13-15-17-19-21-23-25-27-29-31-33-35-41-52-43-37-39-49-51(47,45(46)48-6-3)50-40-38-44-53-42-36-34-32-30-28-26-24-22-20-18-16-14-12-10-8-5-2/h4-44H2,1-3H3. The Kier molecular flexibility index (Phi) is 45.3. The van der Waals surface area contributed by atoms with Gasteiger partial charge in [-0.15, -0.1) is 0 Å². The lowest BCUT2D eigenvalue weighted by Gasteiger charge is -2.16. The van der Waals surface area contributed by atoms with Gasteiger partial charge in [-0.1, -0.05) is 206 Å². The van der Waals surface area contributed by atoms with E-state index >= 15 is 0 Å². The largest absolute Gasteiger partial charge is 0.457 e. The number of rotatable bonds is 46. The molecule has 0 bridgehead atoms. The molecule has 0 aromatic heterocycles. The fourth-order valence-electron chi connectivity index (χ4n) is 6.75. The smallest absolute Gasteiger partial charge is 0.438 e. The van der Waals surface area contributed by atoms with Crippen molar-refractivity contribution >= 4 is 36.8 Å². The van der Waals surface area contributed by atoms with Crippen LogP contribution in [0.15, 0.2) is 0 Å². The normalized spacial score (nSPS) is 11.8. The molecule has 0 aromatic carbocycles. The van der Waals surface area contributed by atoms with E-state index in [0.717, 1.165) is 35.9 Å². The monoisotopic (exact) mass is 807 g/mol. The van der Waals surface area contributed by atoms with Gasteiger partial charge in [0.1, 0.15) is 0 Å². The average Bonchev–Trinajstić information content (AvgIpc) is 3.16. The summed E-state index contributed by atoms with van der Waals surface area (Å²) in [5.41, 5.74) is -0.846. The van der Waals surface area contributed by atoms with Gasteiger partial charge in [0.25, 0.3) is 0 Å². The zero-order valence-corrected chi connectivity index (χ0v) is 38.3. The minimum absolute atomic E-state index is 0.167. The second-order valence-electron chi connectivity index (χ2n) is 15.4. The number of unbranched alkanes of at least 4 members (excludes halogenated alkanes) is 30. The van der Waals surface area contributed by atoms with Gasteiger partial charge in [-0.2, -0.15) is 23.5 Å². The second-order valence-corrected chi connectivity index (χ2v) is 19.7. The third kappa shape index (κ3) is 40.3. The summed E-state index contributed by atoms with van der Waals surface area (Å²) in [5, 5.41) is 0. The van der Waals surface area contributed by atoms with Gasteiger partial charge in [-0.05, 0) is 55.6 Å². The van der Waals surface area contributed by atoms with Crippen molar-refractivity contribution in [1.82, 2.24) is 0 Å². The Hall–Kier alpha value is 0.320. The molecule has 0 aliphatic heterocycles. The van der Waals surface area contributed by atoms with Crippen molar-refractivity contribution < 1.29 is 23.1 Å². The molecule has 0 aromatic rings. The number of carbonyl (C=O) groups is 1. The number of hydrogen-bond acceptors (Lipinski definition) is 7. The van der Waals surface area contributed by atoms with E-state index < -0.39 is 13.3 Å². The van der Waals surface area contributed by atoms with Crippen LogP contribution in [0.3, 0.4) is 0 Å². The summed E-state index contributed by atoms with van der Waals surface area (Å²) >= 11 is 3.84. The van der Waals surface area contributed by atoms with Crippen molar-refractivity contribution in [2.75, 3.05) is 42.8 Å². The molecular formula is C45H91O5PS2. The van der Waals surface area contributed by atoms with E-state index in [4.69, 9.17) is 13.8 Å². The van der Waals surface area contributed by atoms with Crippen molar-refractivity contribution in [3.63, 3.8) is 0 Å². The van der Waals surface area contributed by atoms with Gasteiger partial charge in [-0.3, -0.25) is 0 Å². The lowest BCUT2D eigenvalue weighted by Crippen LogP contribution is -2.11. The van der Waals surface area contributed by atoms with Gasteiger partial charge in [0, 0.05) is 0 Å². The van der Waals surface area contributed by atoms with Crippen LogP contribution in [0.5, 0.6) is 0 Å². The van der Waals surface area contributed by atoms with E-state index in [1.165, 1.54) is 205 Å². The van der Waals surface area contributed by atoms with Crippen LogP contribution in [0.2, 0.25) is 0 Å². The highest BCUT2D eigenvalue weighted by atomic mass is 32.2. The van der Waals surface area contributed by atoms with Crippen molar-refractivity contribution in [2.45, 2.75) is 239 Å². The fourth-order valence-corrected chi connectivity index (χ4v) is 9.93. The molecule has 0 saturated heterocycles. The third-order valence-electron chi connectivity index (χ3n) is 10.2. The Labute approximate surface area is 340 Å². The first-order chi connectivity index (χ1) is 26.1. The van der Waals surface area contributed by atoms with Crippen LogP contribution in [-0.4, -0.2) is 48.5 Å². The third-order valence-corrected chi connectivity index (χ3v) is 14.1. The molecule has 5 nitrogen and oxygen atoms in total. The molecule has 0 N–H and O–H groups in total. The molecule has 0 aliphatic carbocycles. The predicted octanol–water partition coefficient (Wildman–Crippen LogP) is 17.1. The number of hydrogen-bond donors (Lipinski definition) is 0. The molecular weight excluding hydrogens is 716 g/mol. The molecule has 0 radical (unpaired) electrons. The Morgan fingerprint density at radius 3 is 0.887 bits per heavy atom. The maximum Gasteiger partial charge on any atom is 0.438 e. The SMILES string of the molecule is CCCCCCCCCCCCCCCCCCSCCCOP(=O)(OCCCSCCCCCCCCCCCCCCCCCC)C(=O)OCC. The molecule has 0 amide bonds. The van der Waals surface area contributed by atoms with Crippen molar-refractivity contribution in [3.05, 3.63) is 0 Å². The highest BCUT2D eigenvalue weighted by Crippen LogP contribution is 2.50. The van der Waals surface area contributed by atoms with E-state index in [1.54, 1.807) is 6.92 Å². The van der Waals surface area contributed by atoms with Crippen LogP contribution >= 0.6 is 31.1 Å². The summed E-state index contributed by atoms with van der Waals surface area (Å²) in [7, 11) is -3.90. The van der Waals surface area contributed by atoms with Gasteiger partial charge < -0.3 is 13.8 Å². The van der Waals surface area contributed by atoms with Crippen LogP contribution in [0.4, 0.5) is 4.79 Å². The molecule has 8 heteroatoms. The second kappa shape index (κ2) is 45.0. The number of thioether (sulfide) groups is 2. The average molecular weight is 807 g/mol. The molecule has 0 fully saturated rings. The highest BCUT2D eigenvalue weighted by Gasteiger charge is 2.36. The summed E-state index contributed by atoms with van der Waals surface area (Å²) in [6, 6.07) is 0. The number of ether oxygens (including phenoxy) is 1. The quantitative estimate of drug-likeness (QED) is 0.0448. The Morgan fingerprint density at radius 2 is 0.623 bits per heavy atom. The van der Waals surface area contributed by atoms with Crippen LogP contribution in [-0.2, 0) is 18.3 Å². The topological polar surface area (TPSA) is 61.8 Å². The molecule has 0 spiro atoms. The van der Waals surface area contributed by atoms with E-state index in [-0.39, 0.29) is 19.8 Å². The first-order valence-corrected chi connectivity index (χ1v) is 27.2. The Morgan fingerprint density at radius 1 is 0.377 bits per heavy atom. The summed E-state index contributed by atoms with van der Waals surface area (Å²) in [4.78, 5) is 12.4. The van der Waals surface area contributed by atoms with Crippen molar-refractivity contribution in [2.24, 2.45) is 0 Å². The van der Waals surface area contributed by atoms with Crippen LogP contribution in [0.25, 0.3) is 0 Å². The summed E-state index contributed by atoms with van der Waals surface area (Å²) < 4.78 is 29.3. The van der Waals surface area contributed by atoms with Crippen LogP contribution in [0.1, 0.15) is 239 Å². The molecule has 0 atom stereocenters. The van der Waals surface area contributed by atoms with E-state index in [9.17, 15) is 9.36 Å². The van der Waals surface area contributed by atoms with Gasteiger partial charge in [-0.25, -0.2) is 9.36 Å². The number of carbonyl (C=O) groups excluding carboxylic acids is 1. The summed E-state index contributed by atoms with van der Waals surface area (Å²) in [5.74, 6) is 4.19. The van der Waals surface area contributed by atoms with Gasteiger partial charge in [0.15, 0.2) is 0 Å². The zero-order valence-electron chi connectivity index (χ0n) is 35.8. The zero-order chi connectivity index (χ0) is 38.6. The maximum absolute atomic E-state index is 13.2. The minimum atomic E-state index is -3.90. The van der Waals surface area contributed by atoms with Gasteiger partial charge in [0.05, 0.1) is 19.8 Å². The maximum atomic E-state index is 13.2. The van der Waals surface area contributed by atoms with Crippen molar-refractivity contribution in [1.29, 1.82) is 0 Å². The molecule has 0 saturated carbocycles. The molecule has 0 rings (SSSR count). The van der Waals surface area contributed by atoms with Crippen molar-refractivity contribution in [3.8, 4) is 0 Å². The molecule has 0 unspecified atom stereocenters. The van der Waals surface area contributed by atoms with E-state index in [2.05, 4.69) is 13.8 Å². The lowest BCUT2D eigenvalue weighted by molar-refractivity contribution is 0.149. The van der Waals surface area contributed by atoms with Crippen LogP contribution in [0, 0.1) is 0 Å². The summed E-state index contributed by atoms with van der Waals surface area (Å²) in [6.45, 7) is 6.98. The lowest BCUT2D eigenvalue weighted by atomic mass is 10.0. The van der Waals surface area contributed by atoms with E-state index in [0.29, 0.717) is 0 Å². The van der Waals surface area contributed by atoms with Crippen LogP contribution < -0.4 is 0 Å².